The van der Waals surface area contributed by atoms with Crippen molar-refractivity contribution in [1.29, 1.82) is 0 Å². The van der Waals surface area contributed by atoms with E-state index in [2.05, 4.69) is 29.3 Å². The third kappa shape index (κ3) is 3.95. The van der Waals surface area contributed by atoms with E-state index in [1.807, 2.05) is 6.07 Å². The van der Waals surface area contributed by atoms with Gasteiger partial charge in [0, 0.05) is 17.5 Å². The number of nitrogens with one attached hydrogen (secondary N) is 1. The standard InChI is InChI=1S/C15H20ClN3O2/c1-4-11(17-5-2)9-14-18-15(19-21-14)12-7-6-10(16)8-13(12)20-3/h6-8,11,17H,4-5,9H2,1-3H3. The molecule has 1 aromatic carbocycles. The summed E-state index contributed by atoms with van der Waals surface area (Å²) in [6.45, 7) is 5.14. The monoisotopic (exact) mass is 309 g/mol. The quantitative estimate of drug-likeness (QED) is 0.850. The zero-order valence-electron chi connectivity index (χ0n) is 12.5. The lowest BCUT2D eigenvalue weighted by atomic mass is 10.1. The molecule has 6 heteroatoms. The van der Waals surface area contributed by atoms with Crippen molar-refractivity contribution in [2.45, 2.75) is 32.7 Å². The van der Waals surface area contributed by atoms with Gasteiger partial charge in [0.25, 0.3) is 0 Å². The van der Waals surface area contributed by atoms with Crippen LogP contribution in [0.2, 0.25) is 5.02 Å². The maximum absolute atomic E-state index is 5.96. The molecule has 0 saturated heterocycles. The van der Waals surface area contributed by atoms with E-state index in [1.54, 1.807) is 19.2 Å². The summed E-state index contributed by atoms with van der Waals surface area (Å²) in [5, 5.41) is 8.03. The van der Waals surface area contributed by atoms with Crippen LogP contribution in [0, 0.1) is 0 Å². The maximum Gasteiger partial charge on any atom is 0.228 e. The van der Waals surface area contributed by atoms with E-state index < -0.39 is 0 Å². The van der Waals surface area contributed by atoms with Crippen molar-refractivity contribution in [1.82, 2.24) is 15.5 Å². The third-order valence-corrected chi connectivity index (χ3v) is 3.51. The number of likely N-dealkylation sites (N-methyl/N-ethyl adjacent to an activating group) is 1. The van der Waals surface area contributed by atoms with Crippen LogP contribution in [-0.4, -0.2) is 29.8 Å². The van der Waals surface area contributed by atoms with Crippen LogP contribution in [0.5, 0.6) is 5.75 Å². The van der Waals surface area contributed by atoms with Crippen molar-refractivity contribution in [3.63, 3.8) is 0 Å². The Morgan fingerprint density at radius 1 is 1.38 bits per heavy atom. The first-order chi connectivity index (χ1) is 10.2. The molecule has 1 unspecified atom stereocenters. The van der Waals surface area contributed by atoms with E-state index in [4.69, 9.17) is 20.9 Å². The van der Waals surface area contributed by atoms with Crippen molar-refractivity contribution in [2.75, 3.05) is 13.7 Å². The molecule has 5 nitrogen and oxygen atoms in total. The van der Waals surface area contributed by atoms with Crippen LogP contribution < -0.4 is 10.1 Å². The van der Waals surface area contributed by atoms with Crippen LogP contribution >= 0.6 is 11.6 Å². The van der Waals surface area contributed by atoms with Crippen molar-refractivity contribution < 1.29 is 9.26 Å². The summed E-state index contributed by atoms with van der Waals surface area (Å²) in [5.74, 6) is 1.77. The van der Waals surface area contributed by atoms with Gasteiger partial charge in [-0.1, -0.05) is 30.6 Å². The zero-order valence-corrected chi connectivity index (χ0v) is 13.3. The summed E-state index contributed by atoms with van der Waals surface area (Å²) in [7, 11) is 1.59. The van der Waals surface area contributed by atoms with Gasteiger partial charge in [-0.25, -0.2) is 0 Å². The highest BCUT2D eigenvalue weighted by atomic mass is 35.5. The number of hydrogen-bond donors (Lipinski definition) is 1. The fraction of sp³-hybridized carbons (Fsp3) is 0.467. The number of rotatable bonds is 7. The van der Waals surface area contributed by atoms with Gasteiger partial charge in [-0.2, -0.15) is 4.98 Å². The first-order valence-corrected chi connectivity index (χ1v) is 7.45. The van der Waals surface area contributed by atoms with Crippen molar-refractivity contribution in [2.24, 2.45) is 0 Å². The van der Waals surface area contributed by atoms with Gasteiger partial charge >= 0.3 is 0 Å². The van der Waals surface area contributed by atoms with Crippen LogP contribution in [0.25, 0.3) is 11.4 Å². The Hall–Kier alpha value is -1.59. The van der Waals surface area contributed by atoms with Gasteiger partial charge in [-0.3, -0.25) is 0 Å². The van der Waals surface area contributed by atoms with Gasteiger partial charge < -0.3 is 14.6 Å². The van der Waals surface area contributed by atoms with Crippen LogP contribution in [0.1, 0.15) is 26.2 Å². The highest BCUT2D eigenvalue weighted by molar-refractivity contribution is 6.30. The van der Waals surface area contributed by atoms with Crippen LogP contribution in [0.4, 0.5) is 0 Å². The number of hydrogen-bond acceptors (Lipinski definition) is 5. The molecule has 0 spiro atoms. The zero-order chi connectivity index (χ0) is 15.2. The highest BCUT2D eigenvalue weighted by Gasteiger charge is 2.16. The van der Waals surface area contributed by atoms with Gasteiger partial charge in [0.15, 0.2) is 0 Å². The Morgan fingerprint density at radius 2 is 2.19 bits per heavy atom. The molecule has 1 aromatic heterocycles. The lowest BCUT2D eigenvalue weighted by Crippen LogP contribution is -2.30. The first-order valence-electron chi connectivity index (χ1n) is 7.07. The predicted molar refractivity (Wildman–Crippen MR) is 82.8 cm³/mol. The molecular weight excluding hydrogens is 290 g/mol. The number of aromatic nitrogens is 2. The molecule has 2 rings (SSSR count). The molecule has 1 atom stereocenters. The smallest absolute Gasteiger partial charge is 0.228 e. The van der Waals surface area contributed by atoms with E-state index in [9.17, 15) is 0 Å². The topological polar surface area (TPSA) is 60.2 Å². The molecule has 0 radical (unpaired) electrons. The normalized spacial score (nSPS) is 12.4. The van der Waals surface area contributed by atoms with E-state index in [0.29, 0.717) is 34.9 Å². The molecule has 1 N–H and O–H groups in total. The average Bonchev–Trinajstić information content (AvgIpc) is 2.94. The molecule has 0 amide bonds. The number of ether oxygens (including phenoxy) is 1. The summed E-state index contributed by atoms with van der Waals surface area (Å²) in [6, 6.07) is 5.69. The second-order valence-corrected chi connectivity index (χ2v) is 5.16. The average molecular weight is 310 g/mol. The van der Waals surface area contributed by atoms with Gasteiger partial charge in [0.1, 0.15) is 5.75 Å². The molecule has 0 aliphatic rings. The Kier molecular flexibility index (Phi) is 5.59. The fourth-order valence-electron chi connectivity index (χ4n) is 2.16. The Bertz CT molecular complexity index is 586. The number of nitrogens with zero attached hydrogens (tertiary/aromatic N) is 2. The van der Waals surface area contributed by atoms with Crippen molar-refractivity contribution in [3.8, 4) is 17.1 Å². The number of methoxy groups -OCH3 is 1. The predicted octanol–water partition coefficient (Wildman–Crippen LogP) is 3.33. The lowest BCUT2D eigenvalue weighted by Gasteiger charge is -2.12. The summed E-state index contributed by atoms with van der Waals surface area (Å²) in [6.07, 6.45) is 1.73. The van der Waals surface area contributed by atoms with Crippen LogP contribution in [-0.2, 0) is 6.42 Å². The van der Waals surface area contributed by atoms with E-state index in [1.165, 1.54) is 0 Å². The van der Waals surface area contributed by atoms with E-state index in [0.717, 1.165) is 18.5 Å². The Morgan fingerprint density at radius 3 is 2.86 bits per heavy atom. The summed E-state index contributed by atoms with van der Waals surface area (Å²) >= 11 is 5.96. The molecular formula is C15H20ClN3O2. The molecule has 0 saturated carbocycles. The summed E-state index contributed by atoms with van der Waals surface area (Å²) < 4.78 is 10.7. The largest absolute Gasteiger partial charge is 0.496 e. The summed E-state index contributed by atoms with van der Waals surface area (Å²) in [5.41, 5.74) is 0.772. The number of halogens is 1. The van der Waals surface area contributed by atoms with Gasteiger partial charge in [-0.05, 0) is 31.2 Å². The molecule has 0 aliphatic heterocycles. The van der Waals surface area contributed by atoms with Gasteiger partial charge in [0.2, 0.25) is 11.7 Å². The second kappa shape index (κ2) is 7.43. The van der Waals surface area contributed by atoms with E-state index >= 15 is 0 Å². The van der Waals surface area contributed by atoms with Crippen molar-refractivity contribution in [3.05, 3.63) is 29.1 Å². The van der Waals surface area contributed by atoms with Gasteiger partial charge in [0.05, 0.1) is 12.7 Å². The molecule has 114 valence electrons. The van der Waals surface area contributed by atoms with Crippen molar-refractivity contribution >= 4 is 11.6 Å². The summed E-state index contributed by atoms with van der Waals surface area (Å²) in [4.78, 5) is 4.45. The third-order valence-electron chi connectivity index (χ3n) is 3.28. The minimum atomic E-state index is 0.343. The first kappa shape index (κ1) is 15.8. The van der Waals surface area contributed by atoms with Gasteiger partial charge in [-0.15, -0.1) is 0 Å². The second-order valence-electron chi connectivity index (χ2n) is 4.72. The highest BCUT2D eigenvalue weighted by Crippen LogP contribution is 2.30. The molecule has 2 aromatic rings. The molecule has 21 heavy (non-hydrogen) atoms. The molecule has 0 bridgehead atoms. The minimum Gasteiger partial charge on any atom is -0.496 e. The van der Waals surface area contributed by atoms with Crippen LogP contribution in [0.3, 0.4) is 0 Å². The molecule has 0 aliphatic carbocycles. The fourth-order valence-corrected chi connectivity index (χ4v) is 2.32. The maximum atomic E-state index is 5.96. The minimum absolute atomic E-state index is 0.343. The van der Waals surface area contributed by atoms with Crippen LogP contribution in [0.15, 0.2) is 22.7 Å². The van der Waals surface area contributed by atoms with E-state index in [-0.39, 0.29) is 0 Å². The number of benzene rings is 1. The molecule has 1 heterocycles. The Balaban J connectivity index is 2.20. The molecule has 0 fully saturated rings. The Labute approximate surface area is 129 Å². The SMILES string of the molecule is CCNC(CC)Cc1nc(-c2ccc(Cl)cc2OC)no1. The lowest BCUT2D eigenvalue weighted by molar-refractivity contribution is 0.355.